The summed E-state index contributed by atoms with van der Waals surface area (Å²) in [4.78, 5) is 0. The van der Waals surface area contributed by atoms with Gasteiger partial charge in [0.15, 0.2) is 0 Å². The first-order valence-electron chi connectivity index (χ1n) is 4.94. The third-order valence-corrected chi connectivity index (χ3v) is 3.30. The van der Waals surface area contributed by atoms with E-state index in [1.807, 2.05) is 17.9 Å². The lowest BCUT2D eigenvalue weighted by Gasteiger charge is -2.38. The molecule has 1 aliphatic carbocycles. The van der Waals surface area contributed by atoms with Crippen LogP contribution >= 0.6 is 0 Å². The molecule has 2 unspecified atom stereocenters. The van der Waals surface area contributed by atoms with Crippen LogP contribution < -0.4 is 5.32 Å². The molecule has 4 heteroatoms. The van der Waals surface area contributed by atoms with Crippen molar-refractivity contribution < 1.29 is 0 Å². The maximum absolute atomic E-state index is 3.96. The van der Waals surface area contributed by atoms with Crippen molar-refractivity contribution in [2.45, 2.75) is 18.9 Å². The van der Waals surface area contributed by atoms with E-state index in [0.717, 1.165) is 11.8 Å². The van der Waals surface area contributed by atoms with Gasteiger partial charge in [-0.25, -0.2) is 0 Å². The molecule has 2 fully saturated rings. The molecule has 2 aliphatic rings. The number of aromatic nitrogens is 3. The summed E-state index contributed by atoms with van der Waals surface area (Å²) in [6, 6.07) is 0.521. The average Bonchev–Trinajstić information content (AvgIpc) is 2.77. The minimum Gasteiger partial charge on any atom is -0.308 e. The van der Waals surface area contributed by atoms with Gasteiger partial charge in [-0.05, 0) is 24.7 Å². The highest BCUT2D eigenvalue weighted by Gasteiger charge is 2.43. The first kappa shape index (κ1) is 7.50. The summed E-state index contributed by atoms with van der Waals surface area (Å²) in [7, 11) is 1.96. The quantitative estimate of drug-likeness (QED) is 0.716. The van der Waals surface area contributed by atoms with Gasteiger partial charge in [0.2, 0.25) is 0 Å². The summed E-state index contributed by atoms with van der Waals surface area (Å²) in [5, 5.41) is 11.3. The molecule has 1 N–H and O–H groups in total. The molecular formula is C9H14N4. The minimum atomic E-state index is 0.521. The number of nitrogens with zero attached hydrogens (tertiary/aromatic N) is 3. The van der Waals surface area contributed by atoms with E-state index in [9.17, 15) is 0 Å². The van der Waals surface area contributed by atoms with E-state index in [2.05, 4.69) is 15.6 Å². The smallest absolute Gasteiger partial charge is 0.0756 e. The summed E-state index contributed by atoms with van der Waals surface area (Å²) >= 11 is 0. The fourth-order valence-corrected chi connectivity index (χ4v) is 2.24. The summed E-state index contributed by atoms with van der Waals surface area (Å²) in [5.74, 6) is 1.82. The Morgan fingerprint density at radius 2 is 2.38 bits per heavy atom. The topological polar surface area (TPSA) is 42.7 Å². The predicted octanol–water partition coefficient (Wildman–Crippen LogP) is 0.486. The standard InChI is InChI=1S/C9H14N4/c1-13-8(5-11-12-13)9-7(4-10-9)6-2-3-6/h5-7,9-10H,2-4H2,1H3. The molecule has 0 radical (unpaired) electrons. The molecule has 1 saturated heterocycles. The van der Waals surface area contributed by atoms with E-state index < -0.39 is 0 Å². The van der Waals surface area contributed by atoms with Crippen LogP contribution in [0.2, 0.25) is 0 Å². The second-order valence-corrected chi connectivity index (χ2v) is 4.17. The third kappa shape index (κ3) is 1.09. The second-order valence-electron chi connectivity index (χ2n) is 4.17. The maximum atomic E-state index is 3.96. The lowest BCUT2D eigenvalue weighted by atomic mass is 9.85. The van der Waals surface area contributed by atoms with Crippen molar-refractivity contribution in [3.63, 3.8) is 0 Å². The van der Waals surface area contributed by atoms with E-state index in [1.54, 1.807) is 0 Å². The molecule has 2 atom stereocenters. The van der Waals surface area contributed by atoms with Crippen molar-refractivity contribution in [1.29, 1.82) is 0 Å². The lowest BCUT2D eigenvalue weighted by Crippen LogP contribution is -2.47. The molecule has 0 amide bonds. The SMILES string of the molecule is Cn1nncc1C1NCC1C1CC1. The van der Waals surface area contributed by atoms with Crippen molar-refractivity contribution in [1.82, 2.24) is 20.3 Å². The fraction of sp³-hybridized carbons (Fsp3) is 0.778. The predicted molar refractivity (Wildman–Crippen MR) is 48.0 cm³/mol. The Bertz CT molecular complexity index is 315. The molecular weight excluding hydrogens is 164 g/mol. The summed E-state index contributed by atoms with van der Waals surface area (Å²) in [6.07, 6.45) is 4.73. The van der Waals surface area contributed by atoms with E-state index >= 15 is 0 Å². The Morgan fingerprint density at radius 1 is 1.54 bits per heavy atom. The molecule has 1 saturated carbocycles. The van der Waals surface area contributed by atoms with E-state index in [4.69, 9.17) is 0 Å². The molecule has 1 aromatic rings. The van der Waals surface area contributed by atoms with E-state index in [-0.39, 0.29) is 0 Å². The van der Waals surface area contributed by atoms with E-state index in [1.165, 1.54) is 25.1 Å². The molecule has 0 aromatic carbocycles. The Morgan fingerprint density at radius 3 is 2.85 bits per heavy atom. The number of rotatable bonds is 2. The van der Waals surface area contributed by atoms with Crippen molar-refractivity contribution in [3.8, 4) is 0 Å². The van der Waals surface area contributed by atoms with Gasteiger partial charge in [-0.15, -0.1) is 5.10 Å². The van der Waals surface area contributed by atoms with Gasteiger partial charge in [-0.2, -0.15) is 0 Å². The Labute approximate surface area is 77.3 Å². The zero-order valence-corrected chi connectivity index (χ0v) is 7.77. The maximum Gasteiger partial charge on any atom is 0.0756 e. The third-order valence-electron chi connectivity index (χ3n) is 3.30. The highest BCUT2D eigenvalue weighted by atomic mass is 15.4. The van der Waals surface area contributed by atoms with Crippen LogP contribution in [0.15, 0.2) is 6.20 Å². The largest absolute Gasteiger partial charge is 0.308 e. The summed E-state index contributed by atoms with van der Waals surface area (Å²) < 4.78 is 1.88. The highest BCUT2D eigenvalue weighted by Crippen LogP contribution is 2.46. The molecule has 13 heavy (non-hydrogen) atoms. The Kier molecular flexibility index (Phi) is 1.47. The number of nitrogens with one attached hydrogen (secondary N) is 1. The van der Waals surface area contributed by atoms with Gasteiger partial charge < -0.3 is 5.32 Å². The monoisotopic (exact) mass is 178 g/mol. The zero-order chi connectivity index (χ0) is 8.84. The number of aryl methyl sites for hydroxylation is 1. The Balaban J connectivity index is 1.81. The van der Waals surface area contributed by atoms with Crippen LogP contribution in [0.25, 0.3) is 0 Å². The van der Waals surface area contributed by atoms with Crippen LogP contribution in [0, 0.1) is 11.8 Å². The zero-order valence-electron chi connectivity index (χ0n) is 7.77. The molecule has 2 heterocycles. The summed E-state index contributed by atoms with van der Waals surface area (Å²) in [5.41, 5.74) is 1.24. The van der Waals surface area contributed by atoms with Crippen LogP contribution in [-0.4, -0.2) is 21.5 Å². The second kappa shape index (κ2) is 2.54. The van der Waals surface area contributed by atoms with Crippen molar-refractivity contribution in [2.75, 3.05) is 6.54 Å². The average molecular weight is 178 g/mol. The molecule has 4 nitrogen and oxygen atoms in total. The minimum absolute atomic E-state index is 0.521. The molecule has 3 rings (SSSR count). The van der Waals surface area contributed by atoms with Gasteiger partial charge in [-0.1, -0.05) is 5.21 Å². The van der Waals surface area contributed by atoms with Crippen LogP contribution in [0.5, 0.6) is 0 Å². The van der Waals surface area contributed by atoms with Gasteiger partial charge in [0.05, 0.1) is 17.9 Å². The van der Waals surface area contributed by atoms with Gasteiger partial charge >= 0.3 is 0 Å². The highest BCUT2D eigenvalue weighted by molar-refractivity contribution is 5.11. The number of hydrogen-bond donors (Lipinski definition) is 1. The molecule has 0 spiro atoms. The number of hydrogen-bond acceptors (Lipinski definition) is 3. The molecule has 0 bridgehead atoms. The fourth-order valence-electron chi connectivity index (χ4n) is 2.24. The first-order valence-corrected chi connectivity index (χ1v) is 4.94. The van der Waals surface area contributed by atoms with Gasteiger partial charge in [0, 0.05) is 13.6 Å². The van der Waals surface area contributed by atoms with Gasteiger partial charge in [0.1, 0.15) is 0 Å². The van der Waals surface area contributed by atoms with Crippen LogP contribution in [0.3, 0.4) is 0 Å². The molecule has 70 valence electrons. The van der Waals surface area contributed by atoms with Gasteiger partial charge in [-0.3, -0.25) is 4.68 Å². The lowest BCUT2D eigenvalue weighted by molar-refractivity contribution is 0.197. The van der Waals surface area contributed by atoms with Gasteiger partial charge in [0.25, 0.3) is 0 Å². The van der Waals surface area contributed by atoms with Crippen molar-refractivity contribution in [2.24, 2.45) is 18.9 Å². The summed E-state index contributed by atoms with van der Waals surface area (Å²) in [6.45, 7) is 1.18. The van der Waals surface area contributed by atoms with E-state index in [0.29, 0.717) is 6.04 Å². The first-order chi connectivity index (χ1) is 6.36. The van der Waals surface area contributed by atoms with Crippen molar-refractivity contribution in [3.05, 3.63) is 11.9 Å². The Hall–Kier alpha value is -0.900. The van der Waals surface area contributed by atoms with Crippen LogP contribution in [-0.2, 0) is 7.05 Å². The van der Waals surface area contributed by atoms with Crippen LogP contribution in [0.1, 0.15) is 24.6 Å². The normalized spacial score (nSPS) is 33.0. The molecule has 1 aromatic heterocycles. The van der Waals surface area contributed by atoms with Crippen molar-refractivity contribution >= 4 is 0 Å². The van der Waals surface area contributed by atoms with Crippen LogP contribution in [0.4, 0.5) is 0 Å². The molecule has 1 aliphatic heterocycles.